The maximum absolute atomic E-state index is 4.82. The SMILES string of the molecule is CCc1sc(CNCC2CC2)nc1-c1ccccc1. The highest BCUT2D eigenvalue weighted by atomic mass is 32.1. The normalized spacial score (nSPS) is 14.8. The highest BCUT2D eigenvalue weighted by Gasteiger charge is 2.20. The molecule has 0 saturated heterocycles. The molecule has 1 fully saturated rings. The minimum absolute atomic E-state index is 0.918. The predicted molar refractivity (Wildman–Crippen MR) is 81.4 cm³/mol. The Kier molecular flexibility index (Phi) is 3.95. The summed E-state index contributed by atoms with van der Waals surface area (Å²) in [5, 5.41) is 4.75. The summed E-state index contributed by atoms with van der Waals surface area (Å²) in [4.78, 5) is 6.22. The van der Waals surface area contributed by atoms with Gasteiger partial charge in [-0.1, -0.05) is 37.3 Å². The third kappa shape index (κ3) is 3.23. The lowest BCUT2D eigenvalue weighted by Crippen LogP contribution is -2.15. The van der Waals surface area contributed by atoms with Gasteiger partial charge in [0, 0.05) is 17.0 Å². The number of benzene rings is 1. The number of aromatic nitrogens is 1. The number of thiazole rings is 1. The lowest BCUT2D eigenvalue weighted by atomic mass is 10.1. The van der Waals surface area contributed by atoms with Crippen LogP contribution in [0, 0.1) is 5.92 Å². The molecule has 0 radical (unpaired) electrons. The summed E-state index contributed by atoms with van der Waals surface area (Å²) >= 11 is 1.85. The molecule has 0 amide bonds. The molecule has 1 aliphatic rings. The Bertz CT molecular complexity index is 529. The molecule has 1 aromatic carbocycles. The van der Waals surface area contributed by atoms with Crippen molar-refractivity contribution in [3.05, 3.63) is 40.2 Å². The molecule has 2 nitrogen and oxygen atoms in total. The third-order valence-electron chi connectivity index (χ3n) is 3.52. The molecule has 1 aromatic heterocycles. The smallest absolute Gasteiger partial charge is 0.107 e. The van der Waals surface area contributed by atoms with E-state index in [-0.39, 0.29) is 0 Å². The number of nitrogens with zero attached hydrogens (tertiary/aromatic N) is 1. The Morgan fingerprint density at radius 1 is 1.26 bits per heavy atom. The molecule has 1 N–H and O–H groups in total. The van der Waals surface area contributed by atoms with Crippen LogP contribution in [-0.4, -0.2) is 11.5 Å². The van der Waals surface area contributed by atoms with Gasteiger partial charge in [-0.15, -0.1) is 11.3 Å². The van der Waals surface area contributed by atoms with Crippen molar-refractivity contribution in [2.24, 2.45) is 5.92 Å². The average molecular weight is 272 g/mol. The fourth-order valence-corrected chi connectivity index (χ4v) is 3.24. The molecule has 0 spiro atoms. The van der Waals surface area contributed by atoms with Crippen molar-refractivity contribution >= 4 is 11.3 Å². The van der Waals surface area contributed by atoms with Crippen LogP contribution in [0.25, 0.3) is 11.3 Å². The second kappa shape index (κ2) is 5.85. The van der Waals surface area contributed by atoms with Gasteiger partial charge in [-0.3, -0.25) is 0 Å². The maximum Gasteiger partial charge on any atom is 0.107 e. The number of hydrogen-bond donors (Lipinski definition) is 1. The molecule has 2 aromatic rings. The van der Waals surface area contributed by atoms with Crippen LogP contribution in [-0.2, 0) is 13.0 Å². The topological polar surface area (TPSA) is 24.9 Å². The van der Waals surface area contributed by atoms with Gasteiger partial charge in [0.15, 0.2) is 0 Å². The van der Waals surface area contributed by atoms with Gasteiger partial charge in [0.1, 0.15) is 5.01 Å². The van der Waals surface area contributed by atoms with Gasteiger partial charge in [-0.2, -0.15) is 0 Å². The molecule has 0 unspecified atom stereocenters. The molecule has 0 bridgehead atoms. The zero-order valence-corrected chi connectivity index (χ0v) is 12.2. The first-order valence-corrected chi connectivity index (χ1v) is 7.93. The molecule has 1 aliphatic carbocycles. The standard InChI is InChI=1S/C16H20N2S/c1-2-14-16(13-6-4-3-5-7-13)18-15(19-14)11-17-10-12-8-9-12/h3-7,12,17H,2,8-11H2,1H3. The summed E-state index contributed by atoms with van der Waals surface area (Å²) in [6.45, 7) is 4.28. The number of nitrogens with one attached hydrogen (secondary N) is 1. The lowest BCUT2D eigenvalue weighted by molar-refractivity contribution is 0.637. The van der Waals surface area contributed by atoms with Gasteiger partial charge in [0.05, 0.1) is 5.69 Å². The molecule has 0 aliphatic heterocycles. The largest absolute Gasteiger partial charge is 0.310 e. The van der Waals surface area contributed by atoms with Crippen LogP contribution in [0.5, 0.6) is 0 Å². The van der Waals surface area contributed by atoms with Crippen molar-refractivity contribution in [2.75, 3.05) is 6.54 Å². The van der Waals surface area contributed by atoms with Gasteiger partial charge in [0.2, 0.25) is 0 Å². The summed E-state index contributed by atoms with van der Waals surface area (Å²) in [5.74, 6) is 0.930. The second-order valence-corrected chi connectivity index (χ2v) is 6.34. The molecule has 0 atom stereocenters. The van der Waals surface area contributed by atoms with E-state index >= 15 is 0 Å². The van der Waals surface area contributed by atoms with Crippen LogP contribution in [0.1, 0.15) is 29.7 Å². The molecular formula is C16H20N2S. The number of hydrogen-bond acceptors (Lipinski definition) is 3. The van der Waals surface area contributed by atoms with Crippen molar-refractivity contribution < 1.29 is 0 Å². The van der Waals surface area contributed by atoms with E-state index in [1.54, 1.807) is 0 Å². The van der Waals surface area contributed by atoms with E-state index in [1.165, 1.54) is 34.0 Å². The van der Waals surface area contributed by atoms with E-state index in [1.807, 2.05) is 11.3 Å². The minimum atomic E-state index is 0.918. The van der Waals surface area contributed by atoms with Crippen LogP contribution >= 0.6 is 11.3 Å². The Morgan fingerprint density at radius 3 is 2.74 bits per heavy atom. The third-order valence-corrected chi connectivity index (χ3v) is 4.72. The van der Waals surface area contributed by atoms with Crippen LogP contribution in [0.15, 0.2) is 30.3 Å². The Hall–Kier alpha value is -1.19. The average Bonchev–Trinajstić information content (AvgIpc) is 3.18. The van der Waals surface area contributed by atoms with Gasteiger partial charge < -0.3 is 5.32 Å². The van der Waals surface area contributed by atoms with E-state index < -0.39 is 0 Å². The lowest BCUT2D eigenvalue weighted by Gasteiger charge is -1.99. The molecule has 1 heterocycles. The first-order chi connectivity index (χ1) is 9.36. The zero-order chi connectivity index (χ0) is 13.1. The molecule has 1 saturated carbocycles. The fourth-order valence-electron chi connectivity index (χ4n) is 2.24. The van der Waals surface area contributed by atoms with Gasteiger partial charge in [-0.05, 0) is 31.7 Å². The van der Waals surface area contributed by atoms with E-state index in [4.69, 9.17) is 4.98 Å². The summed E-state index contributed by atoms with van der Waals surface area (Å²) in [6.07, 6.45) is 3.87. The molecular weight excluding hydrogens is 252 g/mol. The van der Waals surface area contributed by atoms with Crippen LogP contribution in [0.3, 0.4) is 0 Å². The summed E-state index contributed by atoms with van der Waals surface area (Å²) in [7, 11) is 0. The Morgan fingerprint density at radius 2 is 2.05 bits per heavy atom. The van der Waals surface area contributed by atoms with Crippen LogP contribution in [0.2, 0.25) is 0 Å². The van der Waals surface area contributed by atoms with E-state index in [2.05, 4.69) is 42.6 Å². The van der Waals surface area contributed by atoms with Gasteiger partial charge >= 0.3 is 0 Å². The Balaban J connectivity index is 1.73. The molecule has 19 heavy (non-hydrogen) atoms. The molecule has 100 valence electrons. The van der Waals surface area contributed by atoms with Crippen LogP contribution < -0.4 is 5.32 Å². The quantitative estimate of drug-likeness (QED) is 0.863. The van der Waals surface area contributed by atoms with Crippen molar-refractivity contribution in [3.8, 4) is 11.3 Å². The van der Waals surface area contributed by atoms with Crippen molar-refractivity contribution in [1.82, 2.24) is 10.3 Å². The first-order valence-electron chi connectivity index (χ1n) is 7.11. The van der Waals surface area contributed by atoms with Gasteiger partial charge in [0.25, 0.3) is 0 Å². The molecule has 3 heteroatoms. The predicted octanol–water partition coefficient (Wildman–Crippen LogP) is 3.87. The zero-order valence-electron chi connectivity index (χ0n) is 11.4. The summed E-state index contributed by atoms with van der Waals surface area (Å²) < 4.78 is 0. The minimum Gasteiger partial charge on any atom is -0.310 e. The summed E-state index contributed by atoms with van der Waals surface area (Å²) in [5.41, 5.74) is 2.42. The highest BCUT2D eigenvalue weighted by Crippen LogP contribution is 2.30. The number of rotatable bonds is 6. The van der Waals surface area contributed by atoms with Gasteiger partial charge in [-0.25, -0.2) is 4.98 Å². The molecule has 3 rings (SSSR count). The van der Waals surface area contributed by atoms with Crippen molar-refractivity contribution in [1.29, 1.82) is 0 Å². The van der Waals surface area contributed by atoms with E-state index in [0.717, 1.165) is 25.4 Å². The first kappa shape index (κ1) is 12.8. The Labute approximate surface area is 118 Å². The second-order valence-electron chi connectivity index (χ2n) is 5.17. The van der Waals surface area contributed by atoms with Crippen molar-refractivity contribution in [3.63, 3.8) is 0 Å². The monoisotopic (exact) mass is 272 g/mol. The van der Waals surface area contributed by atoms with E-state index in [9.17, 15) is 0 Å². The fraction of sp³-hybridized carbons (Fsp3) is 0.438. The summed E-state index contributed by atoms with van der Waals surface area (Å²) in [6, 6.07) is 10.5. The number of aryl methyl sites for hydroxylation is 1. The van der Waals surface area contributed by atoms with Crippen molar-refractivity contribution in [2.45, 2.75) is 32.7 Å². The van der Waals surface area contributed by atoms with E-state index in [0.29, 0.717) is 0 Å². The highest BCUT2D eigenvalue weighted by molar-refractivity contribution is 7.12. The van der Waals surface area contributed by atoms with Crippen LogP contribution in [0.4, 0.5) is 0 Å². The maximum atomic E-state index is 4.82.